The van der Waals surface area contributed by atoms with Gasteiger partial charge in [-0.25, -0.2) is 0 Å². The Morgan fingerprint density at radius 2 is 1.75 bits per heavy atom. The van der Waals surface area contributed by atoms with Gasteiger partial charge in [0.25, 0.3) is 11.8 Å². The van der Waals surface area contributed by atoms with E-state index in [0.29, 0.717) is 23.6 Å². The van der Waals surface area contributed by atoms with Gasteiger partial charge in [0, 0.05) is 5.71 Å². The number of imide groups is 1. The molecule has 2 atom stereocenters. The smallest absolute Gasteiger partial charge is 0.261 e. The lowest BCUT2D eigenvalue weighted by Crippen LogP contribution is -2.38. The standard InChI is InChI=1S/C16H18N2O2/c1-10-7-8-12(17-11(10)2)9-18-15(19)13-5-3-4-6-14(13)16(18)20/h3-6,10,12H,7-9H2,1-2H3. The fourth-order valence-corrected chi connectivity index (χ4v) is 2.88. The summed E-state index contributed by atoms with van der Waals surface area (Å²) < 4.78 is 0. The Bertz CT molecular complexity index is 571. The van der Waals surface area contributed by atoms with Crippen molar-refractivity contribution in [2.24, 2.45) is 10.9 Å². The zero-order chi connectivity index (χ0) is 14.3. The van der Waals surface area contributed by atoms with Crippen molar-refractivity contribution < 1.29 is 9.59 Å². The minimum atomic E-state index is -0.183. The van der Waals surface area contributed by atoms with Crippen molar-refractivity contribution in [3.63, 3.8) is 0 Å². The summed E-state index contributed by atoms with van der Waals surface area (Å²) in [5.41, 5.74) is 2.16. The van der Waals surface area contributed by atoms with Crippen molar-refractivity contribution in [2.45, 2.75) is 32.7 Å². The first kappa shape index (κ1) is 13.0. The Labute approximate surface area is 118 Å². The molecule has 2 aliphatic heterocycles. The largest absolute Gasteiger partial charge is 0.289 e. The van der Waals surface area contributed by atoms with E-state index in [0.717, 1.165) is 18.6 Å². The number of benzene rings is 1. The molecular weight excluding hydrogens is 252 g/mol. The molecule has 1 aromatic rings. The van der Waals surface area contributed by atoms with Crippen molar-refractivity contribution >= 4 is 17.5 Å². The molecule has 2 unspecified atom stereocenters. The van der Waals surface area contributed by atoms with Crippen molar-refractivity contribution in [1.82, 2.24) is 4.90 Å². The quantitative estimate of drug-likeness (QED) is 0.775. The van der Waals surface area contributed by atoms with Crippen LogP contribution < -0.4 is 0 Å². The molecule has 20 heavy (non-hydrogen) atoms. The number of aliphatic imine (C=N–C) groups is 1. The van der Waals surface area contributed by atoms with E-state index in [4.69, 9.17) is 0 Å². The molecule has 4 heteroatoms. The van der Waals surface area contributed by atoms with Crippen LogP contribution in [0.15, 0.2) is 29.3 Å². The summed E-state index contributed by atoms with van der Waals surface area (Å²) in [6.07, 6.45) is 2.01. The summed E-state index contributed by atoms with van der Waals surface area (Å²) in [5.74, 6) is 0.141. The van der Waals surface area contributed by atoms with Crippen molar-refractivity contribution in [1.29, 1.82) is 0 Å². The number of hydrogen-bond acceptors (Lipinski definition) is 3. The molecule has 1 aromatic carbocycles. The van der Waals surface area contributed by atoms with Crippen LogP contribution in [0.4, 0.5) is 0 Å². The number of carbonyl (C=O) groups excluding carboxylic acids is 2. The average Bonchev–Trinajstić information content (AvgIpc) is 2.69. The zero-order valence-corrected chi connectivity index (χ0v) is 11.8. The van der Waals surface area contributed by atoms with Gasteiger partial charge in [0.05, 0.1) is 23.7 Å². The highest BCUT2D eigenvalue weighted by molar-refractivity contribution is 6.21. The normalized spacial score (nSPS) is 25.7. The van der Waals surface area contributed by atoms with E-state index in [1.165, 1.54) is 4.90 Å². The molecule has 104 valence electrons. The average molecular weight is 270 g/mol. The van der Waals surface area contributed by atoms with Gasteiger partial charge in [-0.15, -0.1) is 0 Å². The third kappa shape index (κ3) is 2.05. The number of fused-ring (bicyclic) bond motifs is 1. The van der Waals surface area contributed by atoms with Gasteiger partial charge in [0.1, 0.15) is 0 Å². The van der Waals surface area contributed by atoms with E-state index in [9.17, 15) is 9.59 Å². The van der Waals surface area contributed by atoms with Crippen LogP contribution in [-0.4, -0.2) is 35.0 Å². The van der Waals surface area contributed by atoms with Crippen LogP contribution in [-0.2, 0) is 0 Å². The zero-order valence-electron chi connectivity index (χ0n) is 11.8. The highest BCUT2D eigenvalue weighted by atomic mass is 16.2. The maximum absolute atomic E-state index is 12.3. The van der Waals surface area contributed by atoms with Gasteiger partial charge in [-0.1, -0.05) is 19.1 Å². The molecule has 0 saturated heterocycles. The monoisotopic (exact) mass is 270 g/mol. The maximum atomic E-state index is 12.3. The van der Waals surface area contributed by atoms with Gasteiger partial charge >= 0.3 is 0 Å². The second kappa shape index (κ2) is 4.85. The first-order valence-electron chi connectivity index (χ1n) is 7.07. The predicted molar refractivity (Wildman–Crippen MR) is 77.1 cm³/mol. The third-order valence-electron chi connectivity index (χ3n) is 4.30. The highest BCUT2D eigenvalue weighted by Gasteiger charge is 2.36. The molecule has 0 radical (unpaired) electrons. The van der Waals surface area contributed by atoms with Gasteiger partial charge in [-0.2, -0.15) is 0 Å². The summed E-state index contributed by atoms with van der Waals surface area (Å²) in [7, 11) is 0. The molecule has 2 aliphatic rings. The first-order valence-corrected chi connectivity index (χ1v) is 7.07. The molecule has 0 aromatic heterocycles. The third-order valence-corrected chi connectivity index (χ3v) is 4.30. The highest BCUT2D eigenvalue weighted by Crippen LogP contribution is 2.25. The Morgan fingerprint density at radius 1 is 1.15 bits per heavy atom. The SMILES string of the molecule is CC1=NC(CN2C(=O)c3ccccc3C2=O)CCC1C. The van der Waals surface area contributed by atoms with Gasteiger partial charge in [0.15, 0.2) is 0 Å². The number of nitrogens with zero attached hydrogens (tertiary/aromatic N) is 2. The Morgan fingerprint density at radius 3 is 2.30 bits per heavy atom. The minimum Gasteiger partial charge on any atom is -0.289 e. The lowest BCUT2D eigenvalue weighted by Gasteiger charge is -2.26. The fraction of sp³-hybridized carbons (Fsp3) is 0.438. The van der Waals surface area contributed by atoms with Crippen LogP contribution in [0.2, 0.25) is 0 Å². The van der Waals surface area contributed by atoms with Gasteiger partial charge in [-0.3, -0.25) is 19.5 Å². The van der Waals surface area contributed by atoms with E-state index >= 15 is 0 Å². The Balaban J connectivity index is 1.81. The summed E-state index contributed by atoms with van der Waals surface area (Å²) in [6.45, 7) is 4.59. The maximum Gasteiger partial charge on any atom is 0.261 e. The Kier molecular flexibility index (Phi) is 3.16. The molecule has 2 heterocycles. The van der Waals surface area contributed by atoms with Crippen molar-refractivity contribution in [3.05, 3.63) is 35.4 Å². The second-order valence-corrected chi connectivity index (χ2v) is 5.67. The predicted octanol–water partition coefficient (Wildman–Crippen LogP) is 2.54. The van der Waals surface area contributed by atoms with Crippen LogP contribution >= 0.6 is 0 Å². The summed E-state index contributed by atoms with van der Waals surface area (Å²) in [6, 6.07) is 7.06. The summed E-state index contributed by atoms with van der Waals surface area (Å²) in [4.78, 5) is 30.5. The Hall–Kier alpha value is -1.97. The van der Waals surface area contributed by atoms with Gasteiger partial charge in [0.2, 0.25) is 0 Å². The van der Waals surface area contributed by atoms with E-state index < -0.39 is 0 Å². The van der Waals surface area contributed by atoms with Crippen LogP contribution in [0.25, 0.3) is 0 Å². The molecule has 0 spiro atoms. The van der Waals surface area contributed by atoms with Crippen molar-refractivity contribution in [2.75, 3.05) is 6.54 Å². The lowest BCUT2D eigenvalue weighted by atomic mass is 9.93. The number of carbonyl (C=O) groups is 2. The fourth-order valence-electron chi connectivity index (χ4n) is 2.88. The summed E-state index contributed by atoms with van der Waals surface area (Å²) >= 11 is 0. The molecule has 0 fully saturated rings. The van der Waals surface area contributed by atoms with Crippen LogP contribution in [0, 0.1) is 5.92 Å². The molecule has 0 bridgehead atoms. The molecule has 3 rings (SSSR count). The number of hydrogen-bond donors (Lipinski definition) is 0. The molecule has 0 N–H and O–H groups in total. The van der Waals surface area contributed by atoms with E-state index in [2.05, 4.69) is 11.9 Å². The van der Waals surface area contributed by atoms with Crippen molar-refractivity contribution in [3.8, 4) is 0 Å². The molecule has 4 nitrogen and oxygen atoms in total. The number of rotatable bonds is 2. The summed E-state index contributed by atoms with van der Waals surface area (Å²) in [5, 5.41) is 0. The van der Waals surface area contributed by atoms with E-state index in [1.54, 1.807) is 24.3 Å². The molecule has 0 aliphatic carbocycles. The van der Waals surface area contributed by atoms with E-state index in [1.807, 2.05) is 6.92 Å². The van der Waals surface area contributed by atoms with E-state index in [-0.39, 0.29) is 17.9 Å². The molecular formula is C16H18N2O2. The van der Waals surface area contributed by atoms with Crippen LogP contribution in [0.5, 0.6) is 0 Å². The minimum absolute atomic E-state index is 0.0495. The molecule has 2 amide bonds. The van der Waals surface area contributed by atoms with Crippen LogP contribution in [0.3, 0.4) is 0 Å². The van der Waals surface area contributed by atoms with Gasteiger partial charge in [-0.05, 0) is 37.8 Å². The lowest BCUT2D eigenvalue weighted by molar-refractivity contribution is 0.0642. The van der Waals surface area contributed by atoms with Crippen LogP contribution in [0.1, 0.15) is 47.4 Å². The topological polar surface area (TPSA) is 49.7 Å². The van der Waals surface area contributed by atoms with Gasteiger partial charge < -0.3 is 0 Å². The first-order chi connectivity index (χ1) is 9.58. The second-order valence-electron chi connectivity index (χ2n) is 5.67. The molecule has 0 saturated carbocycles. The number of amides is 2.